The molecular formula is C17H17F3N4O2. The summed E-state index contributed by atoms with van der Waals surface area (Å²) in [5, 5.41) is 4.26. The maximum atomic E-state index is 13.8. The van der Waals surface area contributed by atoms with Crippen LogP contribution in [-0.2, 0) is 5.41 Å². The topological polar surface area (TPSA) is 72.3 Å². The molecule has 1 N–H and O–H groups in total. The quantitative estimate of drug-likeness (QED) is 0.723. The predicted octanol–water partition coefficient (Wildman–Crippen LogP) is 3.20. The van der Waals surface area contributed by atoms with E-state index in [9.17, 15) is 18.0 Å². The third-order valence-corrected chi connectivity index (χ3v) is 3.74. The van der Waals surface area contributed by atoms with Gasteiger partial charge in [0.15, 0.2) is 23.1 Å². The van der Waals surface area contributed by atoms with E-state index in [4.69, 9.17) is 4.74 Å². The fraction of sp³-hybridized carbons (Fsp3) is 0.353. The van der Waals surface area contributed by atoms with Crippen LogP contribution in [0.15, 0.2) is 16.9 Å². The van der Waals surface area contributed by atoms with E-state index in [0.29, 0.717) is 5.69 Å². The van der Waals surface area contributed by atoms with Gasteiger partial charge in [0.05, 0.1) is 17.9 Å². The summed E-state index contributed by atoms with van der Waals surface area (Å²) in [5.74, 6) is -4.24. The van der Waals surface area contributed by atoms with Gasteiger partial charge < -0.3 is 4.74 Å². The Labute approximate surface area is 146 Å². The maximum absolute atomic E-state index is 13.8. The summed E-state index contributed by atoms with van der Waals surface area (Å²) in [7, 11) is 0. The van der Waals surface area contributed by atoms with Crippen molar-refractivity contribution in [3.05, 3.63) is 45.8 Å². The van der Waals surface area contributed by atoms with E-state index in [1.54, 1.807) is 6.92 Å². The summed E-state index contributed by atoms with van der Waals surface area (Å²) >= 11 is 0. The second-order valence-corrected chi connectivity index (χ2v) is 6.74. The summed E-state index contributed by atoms with van der Waals surface area (Å²) in [6.45, 7) is 7.45. The molecule has 9 heteroatoms. The molecule has 0 aliphatic heterocycles. The fourth-order valence-electron chi connectivity index (χ4n) is 2.62. The fourth-order valence-corrected chi connectivity index (χ4v) is 2.62. The highest BCUT2D eigenvalue weighted by Gasteiger charge is 2.28. The van der Waals surface area contributed by atoms with Crippen molar-refractivity contribution in [1.29, 1.82) is 0 Å². The van der Waals surface area contributed by atoms with Crippen LogP contribution in [0.5, 0.6) is 6.01 Å². The van der Waals surface area contributed by atoms with Crippen LogP contribution in [0.2, 0.25) is 0 Å². The van der Waals surface area contributed by atoms with E-state index >= 15 is 0 Å². The Kier molecular flexibility index (Phi) is 4.25. The highest BCUT2D eigenvalue weighted by atomic mass is 19.2. The molecule has 0 radical (unpaired) electrons. The molecule has 26 heavy (non-hydrogen) atoms. The molecule has 1 aromatic carbocycles. The number of aromatic amines is 1. The zero-order chi connectivity index (χ0) is 19.2. The van der Waals surface area contributed by atoms with Crippen molar-refractivity contribution in [3.8, 4) is 17.1 Å². The number of ether oxygens (including phenoxy) is 1. The molecule has 0 amide bonds. The Morgan fingerprint density at radius 3 is 2.35 bits per heavy atom. The average molecular weight is 366 g/mol. The molecule has 0 saturated heterocycles. The Bertz CT molecular complexity index is 1030. The molecule has 0 saturated carbocycles. The molecule has 2 heterocycles. The second kappa shape index (κ2) is 6.15. The van der Waals surface area contributed by atoms with Crippen molar-refractivity contribution in [2.45, 2.75) is 33.1 Å². The van der Waals surface area contributed by atoms with Gasteiger partial charge in [-0.15, -0.1) is 0 Å². The molecule has 0 aliphatic carbocycles. The van der Waals surface area contributed by atoms with Gasteiger partial charge in [-0.2, -0.15) is 14.6 Å². The van der Waals surface area contributed by atoms with E-state index in [1.165, 1.54) is 0 Å². The van der Waals surface area contributed by atoms with Crippen molar-refractivity contribution in [2.75, 3.05) is 6.61 Å². The molecule has 138 valence electrons. The van der Waals surface area contributed by atoms with Gasteiger partial charge >= 0.3 is 5.69 Å². The Balaban J connectivity index is 2.43. The summed E-state index contributed by atoms with van der Waals surface area (Å²) in [6.07, 6.45) is 0. The van der Waals surface area contributed by atoms with Crippen molar-refractivity contribution >= 4 is 5.65 Å². The lowest BCUT2D eigenvalue weighted by molar-refractivity contribution is 0.310. The Hall–Kier alpha value is -2.84. The van der Waals surface area contributed by atoms with E-state index in [0.717, 1.165) is 16.6 Å². The van der Waals surface area contributed by atoms with Crippen LogP contribution in [0.3, 0.4) is 0 Å². The smallest absolute Gasteiger partial charge is 0.352 e. The highest BCUT2D eigenvalue weighted by Crippen LogP contribution is 2.35. The zero-order valence-electron chi connectivity index (χ0n) is 14.7. The predicted molar refractivity (Wildman–Crippen MR) is 88.8 cm³/mol. The van der Waals surface area contributed by atoms with Crippen LogP contribution in [0.1, 0.15) is 33.4 Å². The van der Waals surface area contributed by atoms with Gasteiger partial charge in [-0.3, -0.25) is 4.98 Å². The Morgan fingerprint density at radius 1 is 1.19 bits per heavy atom. The van der Waals surface area contributed by atoms with Crippen LogP contribution in [-0.4, -0.2) is 26.2 Å². The van der Waals surface area contributed by atoms with E-state index in [1.807, 2.05) is 20.8 Å². The minimum Gasteiger partial charge on any atom is -0.465 e. The van der Waals surface area contributed by atoms with Crippen molar-refractivity contribution < 1.29 is 17.9 Å². The van der Waals surface area contributed by atoms with Crippen LogP contribution in [0, 0.1) is 17.5 Å². The van der Waals surface area contributed by atoms with Crippen molar-refractivity contribution in [1.82, 2.24) is 19.6 Å². The standard InChI is InChI=1S/C17H17F3N4O2/c1-5-26-15-21-14-11(8-6-9(18)12(20)10(19)7-8)13(17(2,3)4)23-24(14)16(25)22-15/h6-7H,5H2,1-4H3,(H,21,22,25). The van der Waals surface area contributed by atoms with E-state index in [-0.39, 0.29) is 29.4 Å². The first kappa shape index (κ1) is 18.0. The Morgan fingerprint density at radius 2 is 1.81 bits per heavy atom. The molecule has 6 nitrogen and oxygen atoms in total. The van der Waals surface area contributed by atoms with Crippen LogP contribution in [0.4, 0.5) is 13.2 Å². The summed E-state index contributed by atoms with van der Waals surface area (Å²) in [5.41, 5.74) is -0.479. The molecular weight excluding hydrogens is 349 g/mol. The second-order valence-electron chi connectivity index (χ2n) is 6.74. The number of hydrogen-bond acceptors (Lipinski definition) is 4. The molecule has 3 rings (SSSR count). The molecule has 2 aromatic heterocycles. The molecule has 0 spiro atoms. The number of benzene rings is 1. The lowest BCUT2D eigenvalue weighted by Gasteiger charge is -2.17. The number of halogens is 3. The van der Waals surface area contributed by atoms with Crippen LogP contribution < -0.4 is 10.4 Å². The number of H-pyrrole nitrogens is 1. The van der Waals surface area contributed by atoms with Crippen LogP contribution >= 0.6 is 0 Å². The molecule has 0 bridgehead atoms. The first-order valence-corrected chi connectivity index (χ1v) is 7.94. The summed E-state index contributed by atoms with van der Waals surface area (Å²) in [4.78, 5) is 18.9. The van der Waals surface area contributed by atoms with E-state index in [2.05, 4.69) is 15.1 Å². The largest absolute Gasteiger partial charge is 0.465 e. The lowest BCUT2D eigenvalue weighted by Crippen LogP contribution is -2.20. The zero-order valence-corrected chi connectivity index (χ0v) is 14.7. The number of aromatic nitrogens is 4. The van der Waals surface area contributed by atoms with Gasteiger partial charge in [0.25, 0.3) is 6.01 Å². The molecule has 0 fully saturated rings. The first-order valence-electron chi connectivity index (χ1n) is 7.94. The summed E-state index contributed by atoms with van der Waals surface area (Å²) in [6, 6.07) is 1.66. The monoisotopic (exact) mass is 366 g/mol. The van der Waals surface area contributed by atoms with E-state index < -0.39 is 28.6 Å². The lowest BCUT2D eigenvalue weighted by atomic mass is 9.87. The number of fused-ring (bicyclic) bond motifs is 1. The van der Waals surface area contributed by atoms with Gasteiger partial charge in [-0.1, -0.05) is 20.8 Å². The molecule has 0 aliphatic rings. The van der Waals surface area contributed by atoms with Gasteiger partial charge in [0, 0.05) is 5.41 Å². The minimum absolute atomic E-state index is 0.0295. The molecule has 0 atom stereocenters. The number of hydrogen-bond donors (Lipinski definition) is 1. The third-order valence-electron chi connectivity index (χ3n) is 3.74. The van der Waals surface area contributed by atoms with Crippen molar-refractivity contribution in [3.63, 3.8) is 0 Å². The SMILES string of the molecule is CCOc1nc2c(-c3cc(F)c(F)c(F)c3)c(C(C)(C)C)nn2c(=O)[nH]1. The highest BCUT2D eigenvalue weighted by molar-refractivity contribution is 5.81. The minimum atomic E-state index is -1.57. The number of nitrogens with one attached hydrogen (secondary N) is 1. The van der Waals surface area contributed by atoms with Gasteiger partial charge in [0.2, 0.25) is 0 Å². The average Bonchev–Trinajstić information content (AvgIpc) is 2.92. The van der Waals surface area contributed by atoms with Crippen LogP contribution in [0.25, 0.3) is 16.8 Å². The number of nitrogens with zero attached hydrogens (tertiary/aromatic N) is 3. The van der Waals surface area contributed by atoms with Gasteiger partial charge in [0.1, 0.15) is 0 Å². The van der Waals surface area contributed by atoms with Gasteiger partial charge in [-0.05, 0) is 24.6 Å². The normalized spacial score (nSPS) is 12.0. The number of rotatable bonds is 3. The van der Waals surface area contributed by atoms with Gasteiger partial charge in [-0.25, -0.2) is 18.0 Å². The molecule has 0 unspecified atom stereocenters. The van der Waals surface area contributed by atoms with Crippen molar-refractivity contribution in [2.24, 2.45) is 0 Å². The third kappa shape index (κ3) is 2.93. The maximum Gasteiger partial charge on any atom is 0.352 e. The first-order chi connectivity index (χ1) is 12.1. The summed E-state index contributed by atoms with van der Waals surface area (Å²) < 4.78 is 47.2. The molecule has 3 aromatic rings.